The Hall–Kier alpha value is -4.23. The van der Waals surface area contributed by atoms with Crippen LogP contribution >= 0.6 is 11.6 Å². The molecular formula is C27H20ClFN4O2. The van der Waals surface area contributed by atoms with Crippen LogP contribution < -0.4 is 10.1 Å². The highest BCUT2D eigenvalue weighted by atomic mass is 35.5. The van der Waals surface area contributed by atoms with Gasteiger partial charge in [-0.05, 0) is 55.5 Å². The van der Waals surface area contributed by atoms with Gasteiger partial charge in [0.1, 0.15) is 28.5 Å². The number of halogens is 2. The Morgan fingerprint density at radius 1 is 1.06 bits per heavy atom. The van der Waals surface area contributed by atoms with E-state index in [-0.39, 0.29) is 11.7 Å². The lowest BCUT2D eigenvalue weighted by Crippen LogP contribution is -2.15. The van der Waals surface area contributed by atoms with Crippen molar-refractivity contribution in [2.24, 2.45) is 0 Å². The number of benzene rings is 3. The molecule has 2 N–H and O–H groups in total. The summed E-state index contributed by atoms with van der Waals surface area (Å²) in [5.74, 6) is -0.293. The molecule has 0 saturated carbocycles. The molecule has 0 aliphatic rings. The second-order valence-electron chi connectivity index (χ2n) is 7.93. The maximum Gasteiger partial charge on any atom is 0.259 e. The third-order valence-corrected chi connectivity index (χ3v) is 5.85. The lowest BCUT2D eigenvalue weighted by molar-refractivity contribution is 0.102. The van der Waals surface area contributed by atoms with Gasteiger partial charge >= 0.3 is 0 Å². The summed E-state index contributed by atoms with van der Waals surface area (Å²) in [5, 5.41) is 11.1. The number of rotatable bonds is 6. The Morgan fingerprint density at radius 3 is 2.63 bits per heavy atom. The second-order valence-corrected chi connectivity index (χ2v) is 8.31. The molecule has 8 heteroatoms. The molecule has 0 saturated heterocycles. The Morgan fingerprint density at radius 2 is 1.80 bits per heavy atom. The minimum atomic E-state index is -0.558. The Balaban J connectivity index is 1.40. The van der Waals surface area contributed by atoms with E-state index in [2.05, 4.69) is 20.5 Å². The first kappa shape index (κ1) is 22.6. The van der Waals surface area contributed by atoms with Crippen molar-refractivity contribution in [2.75, 3.05) is 5.32 Å². The van der Waals surface area contributed by atoms with Crippen LogP contribution in [0.15, 0.2) is 85.1 Å². The maximum absolute atomic E-state index is 13.4. The molecule has 0 bridgehead atoms. The van der Waals surface area contributed by atoms with Gasteiger partial charge in [0, 0.05) is 10.9 Å². The molecule has 0 radical (unpaired) electrons. The molecule has 3 aromatic carbocycles. The first-order valence-electron chi connectivity index (χ1n) is 10.9. The van der Waals surface area contributed by atoms with Crippen LogP contribution in [0.5, 0.6) is 5.75 Å². The summed E-state index contributed by atoms with van der Waals surface area (Å²) in [5.41, 5.74) is 3.62. The van der Waals surface area contributed by atoms with Gasteiger partial charge in [-0.25, -0.2) is 4.39 Å². The van der Waals surface area contributed by atoms with Crippen LogP contribution in [0.4, 0.5) is 10.1 Å². The van der Waals surface area contributed by atoms with Crippen LogP contribution in [-0.2, 0) is 0 Å². The van der Waals surface area contributed by atoms with Gasteiger partial charge in [-0.2, -0.15) is 5.10 Å². The van der Waals surface area contributed by atoms with Gasteiger partial charge in [0.05, 0.1) is 28.5 Å². The van der Waals surface area contributed by atoms with Gasteiger partial charge < -0.3 is 10.1 Å². The van der Waals surface area contributed by atoms with E-state index in [1.807, 2.05) is 37.3 Å². The Bertz CT molecular complexity index is 1520. The SMILES string of the molecule is CC(Oc1ccccc1C(=O)Nc1cnc2ccccc2c1)c1c(-c2ccc(F)cc2)n[nH]c1Cl. The topological polar surface area (TPSA) is 79.9 Å². The molecule has 0 fully saturated rings. The Labute approximate surface area is 205 Å². The number of nitrogens with one attached hydrogen (secondary N) is 2. The van der Waals surface area contributed by atoms with Crippen molar-refractivity contribution in [1.82, 2.24) is 15.2 Å². The molecule has 0 spiro atoms. The molecule has 0 aliphatic carbocycles. The highest BCUT2D eigenvalue weighted by Gasteiger charge is 2.23. The average molecular weight is 487 g/mol. The number of anilines is 1. The summed E-state index contributed by atoms with van der Waals surface area (Å²) >= 11 is 6.39. The predicted octanol–water partition coefficient (Wildman–Crippen LogP) is 6.81. The van der Waals surface area contributed by atoms with Gasteiger partial charge in [-0.1, -0.05) is 41.9 Å². The number of amides is 1. The maximum atomic E-state index is 13.4. The lowest BCUT2D eigenvalue weighted by atomic mass is 10.0. The summed E-state index contributed by atoms with van der Waals surface area (Å²) in [4.78, 5) is 17.5. The molecule has 1 amide bonds. The van der Waals surface area contributed by atoms with Crippen LogP contribution in [0, 0.1) is 5.82 Å². The summed E-state index contributed by atoms with van der Waals surface area (Å²) in [6, 6.07) is 22.4. The molecule has 2 heterocycles. The van der Waals surface area contributed by atoms with Crippen LogP contribution in [0.25, 0.3) is 22.2 Å². The number of aromatic nitrogens is 3. The predicted molar refractivity (Wildman–Crippen MR) is 134 cm³/mol. The molecule has 35 heavy (non-hydrogen) atoms. The molecule has 2 aromatic heterocycles. The number of carbonyl (C=O) groups excluding carboxylic acids is 1. The first-order valence-corrected chi connectivity index (χ1v) is 11.3. The van der Waals surface area contributed by atoms with E-state index in [1.165, 1.54) is 12.1 Å². The summed E-state index contributed by atoms with van der Waals surface area (Å²) in [6.45, 7) is 1.81. The van der Waals surface area contributed by atoms with E-state index >= 15 is 0 Å². The van der Waals surface area contributed by atoms with E-state index in [4.69, 9.17) is 16.3 Å². The summed E-state index contributed by atoms with van der Waals surface area (Å²) in [7, 11) is 0. The monoisotopic (exact) mass is 486 g/mol. The van der Waals surface area contributed by atoms with E-state index in [1.54, 1.807) is 42.6 Å². The summed E-state index contributed by atoms with van der Waals surface area (Å²) in [6.07, 6.45) is 1.06. The average Bonchev–Trinajstić information content (AvgIpc) is 3.26. The van der Waals surface area contributed by atoms with Crippen LogP contribution in [0.2, 0.25) is 5.15 Å². The van der Waals surface area contributed by atoms with Gasteiger partial charge in [0.25, 0.3) is 5.91 Å². The Kier molecular flexibility index (Phi) is 6.16. The van der Waals surface area contributed by atoms with Crippen LogP contribution in [0.3, 0.4) is 0 Å². The quantitative estimate of drug-likeness (QED) is 0.276. The van der Waals surface area contributed by atoms with E-state index in [9.17, 15) is 9.18 Å². The summed E-state index contributed by atoms with van der Waals surface area (Å²) < 4.78 is 19.6. The number of carbonyl (C=O) groups is 1. The zero-order chi connectivity index (χ0) is 24.4. The highest BCUT2D eigenvalue weighted by Crippen LogP contribution is 2.35. The van der Waals surface area contributed by atoms with Crippen molar-refractivity contribution in [3.05, 3.63) is 107 Å². The van der Waals surface area contributed by atoms with Gasteiger partial charge in [-0.15, -0.1) is 0 Å². The number of hydrogen-bond acceptors (Lipinski definition) is 4. The number of fused-ring (bicyclic) bond motifs is 1. The molecule has 1 unspecified atom stereocenters. The van der Waals surface area contributed by atoms with Crippen molar-refractivity contribution in [1.29, 1.82) is 0 Å². The number of pyridine rings is 1. The largest absolute Gasteiger partial charge is 0.485 e. The number of nitrogens with zero attached hydrogens (tertiary/aromatic N) is 2. The molecule has 0 aliphatic heterocycles. The minimum absolute atomic E-state index is 0.306. The number of hydrogen-bond donors (Lipinski definition) is 2. The molecular weight excluding hydrogens is 467 g/mol. The van der Waals surface area contributed by atoms with Crippen LogP contribution in [0.1, 0.15) is 28.9 Å². The highest BCUT2D eigenvalue weighted by molar-refractivity contribution is 6.30. The normalized spacial score (nSPS) is 11.9. The molecule has 6 nitrogen and oxygen atoms in total. The number of para-hydroxylation sites is 2. The van der Waals surface area contributed by atoms with E-state index in [0.29, 0.717) is 39.0 Å². The van der Waals surface area contributed by atoms with Gasteiger partial charge in [0.15, 0.2) is 0 Å². The fourth-order valence-electron chi connectivity index (χ4n) is 3.87. The second kappa shape index (κ2) is 9.56. The number of H-pyrrole nitrogens is 1. The van der Waals surface area contributed by atoms with Gasteiger partial charge in [-0.3, -0.25) is 14.9 Å². The van der Waals surface area contributed by atoms with Crippen molar-refractivity contribution in [3.8, 4) is 17.0 Å². The minimum Gasteiger partial charge on any atom is -0.485 e. The van der Waals surface area contributed by atoms with Crippen molar-refractivity contribution in [3.63, 3.8) is 0 Å². The third-order valence-electron chi connectivity index (χ3n) is 5.57. The number of aromatic amines is 1. The van der Waals surface area contributed by atoms with Crippen molar-refractivity contribution >= 4 is 34.1 Å². The van der Waals surface area contributed by atoms with Crippen molar-refractivity contribution < 1.29 is 13.9 Å². The standard InChI is InChI=1S/C27H20ClFN4O2/c1-16(24-25(32-33-26(24)28)17-10-12-19(29)13-11-17)35-23-9-5-3-7-21(23)27(34)31-20-14-18-6-2-4-8-22(18)30-15-20/h2-16H,1H3,(H,31,34)(H,32,33). The lowest BCUT2D eigenvalue weighted by Gasteiger charge is -2.18. The molecule has 174 valence electrons. The zero-order valence-corrected chi connectivity index (χ0v) is 19.4. The fourth-order valence-corrected chi connectivity index (χ4v) is 4.16. The molecule has 1 atom stereocenters. The van der Waals surface area contributed by atoms with E-state index in [0.717, 1.165) is 10.9 Å². The number of ether oxygens (including phenoxy) is 1. The first-order chi connectivity index (χ1) is 17.0. The van der Waals surface area contributed by atoms with Crippen molar-refractivity contribution in [2.45, 2.75) is 13.0 Å². The zero-order valence-electron chi connectivity index (χ0n) is 18.6. The van der Waals surface area contributed by atoms with Gasteiger partial charge in [0.2, 0.25) is 0 Å². The smallest absolute Gasteiger partial charge is 0.259 e. The van der Waals surface area contributed by atoms with Crippen LogP contribution in [-0.4, -0.2) is 21.1 Å². The fraction of sp³-hybridized carbons (Fsp3) is 0.0741. The third kappa shape index (κ3) is 4.72. The van der Waals surface area contributed by atoms with E-state index < -0.39 is 6.10 Å². The molecule has 5 aromatic rings. The molecule has 5 rings (SSSR count).